The average Bonchev–Trinajstić information content (AvgIpc) is 2.69. The van der Waals surface area contributed by atoms with Crippen LogP contribution in [0.5, 0.6) is 5.75 Å². The lowest BCUT2D eigenvalue weighted by Crippen LogP contribution is -2.52. The van der Waals surface area contributed by atoms with Crippen LogP contribution in [0.2, 0.25) is 0 Å². The third kappa shape index (κ3) is 6.00. The number of halogens is 1. The van der Waals surface area contributed by atoms with Crippen molar-refractivity contribution in [2.75, 3.05) is 12.0 Å². The number of phenolic OH excluding ortho intramolecular Hbond substituents is 1. The van der Waals surface area contributed by atoms with Crippen molar-refractivity contribution in [2.24, 2.45) is 0 Å². The van der Waals surface area contributed by atoms with Crippen LogP contribution in [0.1, 0.15) is 27.1 Å². The molecule has 2 aromatic carbocycles. The van der Waals surface area contributed by atoms with Crippen molar-refractivity contribution in [2.45, 2.75) is 12.5 Å². The fourth-order valence-electron chi connectivity index (χ4n) is 2.32. The van der Waals surface area contributed by atoms with Gasteiger partial charge in [0.25, 0.3) is 17.7 Å². The zero-order valence-electron chi connectivity index (χ0n) is 15.1. The molecule has 28 heavy (non-hydrogen) atoms. The van der Waals surface area contributed by atoms with Gasteiger partial charge >= 0.3 is 0 Å². The number of hydrazine groups is 1. The van der Waals surface area contributed by atoms with Crippen LogP contribution in [0, 0.1) is 0 Å². The van der Waals surface area contributed by atoms with Gasteiger partial charge in [0.2, 0.25) is 0 Å². The lowest BCUT2D eigenvalue weighted by Gasteiger charge is -2.19. The molecule has 148 valence electrons. The Hall–Kier alpha value is -2.52. The number of thioether (sulfide) groups is 1. The van der Waals surface area contributed by atoms with Gasteiger partial charge in [0.1, 0.15) is 11.8 Å². The van der Waals surface area contributed by atoms with E-state index in [9.17, 15) is 19.5 Å². The Labute approximate surface area is 175 Å². The second-order valence-electron chi connectivity index (χ2n) is 5.75. The molecule has 0 heterocycles. The van der Waals surface area contributed by atoms with E-state index in [1.807, 2.05) is 6.26 Å². The predicted octanol–water partition coefficient (Wildman–Crippen LogP) is 2.47. The summed E-state index contributed by atoms with van der Waals surface area (Å²) in [5.41, 5.74) is 4.99. The Morgan fingerprint density at radius 3 is 2.29 bits per heavy atom. The zero-order chi connectivity index (χ0) is 20.5. The van der Waals surface area contributed by atoms with Gasteiger partial charge in [-0.15, -0.1) is 0 Å². The number of phenols is 1. The number of para-hydroxylation sites is 1. The molecule has 0 aromatic heterocycles. The monoisotopic (exact) mass is 465 g/mol. The molecule has 0 radical (unpaired) electrons. The van der Waals surface area contributed by atoms with Crippen molar-refractivity contribution in [1.82, 2.24) is 16.2 Å². The highest BCUT2D eigenvalue weighted by Gasteiger charge is 2.23. The third-order valence-electron chi connectivity index (χ3n) is 3.80. The van der Waals surface area contributed by atoms with Crippen molar-refractivity contribution in [3.05, 3.63) is 64.1 Å². The highest BCUT2D eigenvalue weighted by molar-refractivity contribution is 9.10. The molecule has 0 saturated carbocycles. The van der Waals surface area contributed by atoms with Crippen LogP contribution >= 0.6 is 27.7 Å². The first kappa shape index (κ1) is 21.8. The van der Waals surface area contributed by atoms with Crippen LogP contribution in [0.25, 0.3) is 0 Å². The highest BCUT2D eigenvalue weighted by Crippen LogP contribution is 2.16. The topological polar surface area (TPSA) is 108 Å². The standard InChI is InChI=1S/C19H20BrN3O4S/c1-28-11-10-15(21-17(25)12-6-2-4-8-14(12)20)19(27)23-22-18(26)13-7-3-5-9-16(13)24/h2-9,15,24H,10-11H2,1H3,(H,21,25)(H,22,26)(H,23,27). The lowest BCUT2D eigenvalue weighted by molar-refractivity contribution is -0.123. The second kappa shape index (κ2) is 10.7. The number of aromatic hydroxyl groups is 1. The largest absolute Gasteiger partial charge is 0.507 e. The summed E-state index contributed by atoms with van der Waals surface area (Å²) in [6.07, 6.45) is 2.28. The summed E-state index contributed by atoms with van der Waals surface area (Å²) < 4.78 is 0.615. The number of carbonyl (C=O) groups excluding carboxylic acids is 3. The summed E-state index contributed by atoms with van der Waals surface area (Å²) in [7, 11) is 0. The average molecular weight is 466 g/mol. The number of hydrogen-bond acceptors (Lipinski definition) is 5. The molecule has 0 aliphatic heterocycles. The lowest BCUT2D eigenvalue weighted by atomic mass is 10.1. The molecule has 0 saturated heterocycles. The Morgan fingerprint density at radius 2 is 1.64 bits per heavy atom. The first-order chi connectivity index (χ1) is 13.4. The van der Waals surface area contributed by atoms with Crippen LogP contribution in [0.4, 0.5) is 0 Å². The van der Waals surface area contributed by atoms with Crippen molar-refractivity contribution in [3.63, 3.8) is 0 Å². The molecule has 0 bridgehead atoms. The molecule has 0 aliphatic rings. The van der Waals surface area contributed by atoms with Gasteiger partial charge in [-0.25, -0.2) is 0 Å². The summed E-state index contributed by atoms with van der Waals surface area (Å²) in [4.78, 5) is 37.1. The van der Waals surface area contributed by atoms with Gasteiger partial charge in [-0.05, 0) is 58.6 Å². The van der Waals surface area contributed by atoms with Gasteiger partial charge in [-0.3, -0.25) is 25.2 Å². The van der Waals surface area contributed by atoms with Crippen LogP contribution in [0.3, 0.4) is 0 Å². The number of amides is 3. The van der Waals surface area contributed by atoms with Crippen LogP contribution in [-0.2, 0) is 4.79 Å². The molecule has 9 heteroatoms. The molecule has 0 fully saturated rings. The Kier molecular flexibility index (Phi) is 8.34. The normalized spacial score (nSPS) is 11.4. The van der Waals surface area contributed by atoms with E-state index in [0.29, 0.717) is 22.2 Å². The van der Waals surface area contributed by atoms with Crippen molar-refractivity contribution in [3.8, 4) is 5.75 Å². The van der Waals surface area contributed by atoms with Gasteiger partial charge in [0.15, 0.2) is 0 Å². The van der Waals surface area contributed by atoms with Crippen molar-refractivity contribution in [1.29, 1.82) is 0 Å². The zero-order valence-corrected chi connectivity index (χ0v) is 17.5. The molecule has 2 aromatic rings. The Balaban J connectivity index is 2.02. The van der Waals surface area contributed by atoms with Crippen LogP contribution in [0.15, 0.2) is 53.0 Å². The van der Waals surface area contributed by atoms with E-state index in [1.165, 1.54) is 23.9 Å². The van der Waals surface area contributed by atoms with Gasteiger partial charge < -0.3 is 10.4 Å². The van der Waals surface area contributed by atoms with E-state index in [2.05, 4.69) is 32.1 Å². The third-order valence-corrected chi connectivity index (χ3v) is 5.13. The fourth-order valence-corrected chi connectivity index (χ4v) is 3.26. The van der Waals surface area contributed by atoms with Crippen LogP contribution < -0.4 is 16.2 Å². The molecule has 3 amide bonds. The molecular formula is C19H20BrN3O4S. The predicted molar refractivity (Wildman–Crippen MR) is 112 cm³/mol. The van der Waals surface area contributed by atoms with E-state index < -0.39 is 23.8 Å². The van der Waals surface area contributed by atoms with Gasteiger partial charge in [0, 0.05) is 4.47 Å². The number of nitrogens with one attached hydrogen (secondary N) is 3. The minimum Gasteiger partial charge on any atom is -0.507 e. The molecule has 1 atom stereocenters. The molecular weight excluding hydrogens is 446 g/mol. The van der Waals surface area contributed by atoms with Gasteiger partial charge in [-0.2, -0.15) is 11.8 Å². The maximum atomic E-state index is 12.5. The highest BCUT2D eigenvalue weighted by atomic mass is 79.9. The number of hydrogen-bond donors (Lipinski definition) is 4. The Morgan fingerprint density at radius 1 is 1.00 bits per heavy atom. The number of benzene rings is 2. The van der Waals surface area contributed by atoms with Gasteiger partial charge in [0.05, 0.1) is 11.1 Å². The molecule has 0 aliphatic carbocycles. The first-order valence-electron chi connectivity index (χ1n) is 8.36. The molecule has 7 nitrogen and oxygen atoms in total. The fraction of sp³-hybridized carbons (Fsp3) is 0.211. The second-order valence-corrected chi connectivity index (χ2v) is 7.59. The van der Waals surface area contributed by atoms with E-state index >= 15 is 0 Å². The summed E-state index contributed by atoms with van der Waals surface area (Å²) in [5.74, 6) is -1.18. The van der Waals surface area contributed by atoms with E-state index in [1.54, 1.807) is 36.4 Å². The van der Waals surface area contributed by atoms with Crippen LogP contribution in [-0.4, -0.2) is 40.9 Å². The minimum atomic E-state index is -0.836. The van der Waals surface area contributed by atoms with Gasteiger partial charge in [-0.1, -0.05) is 24.3 Å². The summed E-state index contributed by atoms with van der Waals surface area (Å²) in [5, 5.41) is 12.4. The Bertz CT molecular complexity index is 863. The molecule has 4 N–H and O–H groups in total. The SMILES string of the molecule is CSCCC(NC(=O)c1ccccc1Br)C(=O)NNC(=O)c1ccccc1O. The van der Waals surface area contributed by atoms with Crippen molar-refractivity contribution >= 4 is 45.4 Å². The maximum Gasteiger partial charge on any atom is 0.273 e. The maximum absolute atomic E-state index is 12.5. The minimum absolute atomic E-state index is 0.0284. The van der Waals surface area contributed by atoms with E-state index in [4.69, 9.17) is 0 Å². The first-order valence-corrected chi connectivity index (χ1v) is 10.5. The van der Waals surface area contributed by atoms with E-state index in [0.717, 1.165) is 0 Å². The molecule has 2 rings (SSSR count). The number of carbonyl (C=O) groups is 3. The molecule has 1 unspecified atom stereocenters. The number of rotatable bonds is 7. The van der Waals surface area contributed by atoms with E-state index in [-0.39, 0.29) is 11.3 Å². The molecule has 0 spiro atoms. The summed E-state index contributed by atoms with van der Waals surface area (Å²) in [6.45, 7) is 0. The van der Waals surface area contributed by atoms with Crippen molar-refractivity contribution < 1.29 is 19.5 Å². The quantitative estimate of drug-likeness (QED) is 0.469. The summed E-state index contributed by atoms with van der Waals surface area (Å²) >= 11 is 4.85. The summed E-state index contributed by atoms with van der Waals surface area (Å²) in [6, 6.07) is 12.0. The smallest absolute Gasteiger partial charge is 0.273 e.